The van der Waals surface area contributed by atoms with Crippen molar-refractivity contribution in [2.24, 2.45) is 0 Å². The fourth-order valence-electron chi connectivity index (χ4n) is 2.64. The molecule has 2 N–H and O–H groups in total. The fourth-order valence-corrected chi connectivity index (χ4v) is 2.64. The molecule has 0 bridgehead atoms. The van der Waals surface area contributed by atoms with Crippen LogP contribution in [0.15, 0.2) is 48.5 Å². The molecule has 0 heterocycles. The summed E-state index contributed by atoms with van der Waals surface area (Å²) in [5, 5.41) is 5.77. The van der Waals surface area contributed by atoms with Gasteiger partial charge in [0.25, 0.3) is 0 Å². The summed E-state index contributed by atoms with van der Waals surface area (Å²) in [6, 6.07) is 14.9. The van der Waals surface area contributed by atoms with Crippen LogP contribution in [0.3, 0.4) is 0 Å². The van der Waals surface area contributed by atoms with E-state index in [2.05, 4.69) is 10.6 Å². The number of hydrogen-bond donors (Lipinski definition) is 2. The Morgan fingerprint density at radius 1 is 0.962 bits per heavy atom. The number of ether oxygens (including phenoxy) is 3. The Morgan fingerprint density at radius 2 is 1.65 bits per heavy atom. The third-order valence-electron chi connectivity index (χ3n) is 4.16. The SMILES string of the molecule is COc1ccc(C(C)NC(=O)NCC(OC)c2ccccc2)cc1OC. The highest BCUT2D eigenvalue weighted by Gasteiger charge is 2.15. The molecule has 2 atom stereocenters. The number of urea groups is 1. The molecule has 2 amide bonds. The second kappa shape index (κ2) is 9.68. The highest BCUT2D eigenvalue weighted by molar-refractivity contribution is 5.74. The number of nitrogens with one attached hydrogen (secondary N) is 2. The van der Waals surface area contributed by atoms with Gasteiger partial charge in [0.2, 0.25) is 0 Å². The lowest BCUT2D eigenvalue weighted by Crippen LogP contribution is -2.39. The molecule has 0 saturated carbocycles. The van der Waals surface area contributed by atoms with Crippen LogP contribution in [0.5, 0.6) is 11.5 Å². The van der Waals surface area contributed by atoms with Crippen LogP contribution < -0.4 is 20.1 Å². The predicted octanol–water partition coefficient (Wildman–Crippen LogP) is 3.45. The first kappa shape index (κ1) is 19.6. The number of amides is 2. The summed E-state index contributed by atoms with van der Waals surface area (Å²) in [5.74, 6) is 1.28. The van der Waals surface area contributed by atoms with E-state index >= 15 is 0 Å². The smallest absolute Gasteiger partial charge is 0.315 e. The monoisotopic (exact) mass is 358 g/mol. The number of rotatable bonds is 8. The molecular weight excluding hydrogens is 332 g/mol. The van der Waals surface area contributed by atoms with Crippen molar-refractivity contribution in [3.63, 3.8) is 0 Å². The lowest BCUT2D eigenvalue weighted by Gasteiger charge is -2.19. The molecule has 2 unspecified atom stereocenters. The van der Waals surface area contributed by atoms with Crippen LogP contribution in [0.1, 0.15) is 30.2 Å². The lowest BCUT2D eigenvalue weighted by molar-refractivity contribution is 0.104. The molecule has 0 radical (unpaired) electrons. The van der Waals surface area contributed by atoms with E-state index in [9.17, 15) is 4.79 Å². The molecule has 140 valence electrons. The van der Waals surface area contributed by atoms with Gasteiger partial charge in [0.15, 0.2) is 11.5 Å². The highest BCUT2D eigenvalue weighted by atomic mass is 16.5. The molecule has 0 fully saturated rings. The molecule has 2 aromatic carbocycles. The fraction of sp³-hybridized carbons (Fsp3) is 0.350. The summed E-state index contributed by atoms with van der Waals surface area (Å²) in [5.41, 5.74) is 1.94. The zero-order valence-corrected chi connectivity index (χ0v) is 15.6. The van der Waals surface area contributed by atoms with Crippen LogP contribution in [-0.4, -0.2) is 33.9 Å². The van der Waals surface area contributed by atoms with Crippen LogP contribution in [0.2, 0.25) is 0 Å². The Hall–Kier alpha value is -2.73. The molecule has 0 aliphatic carbocycles. The quantitative estimate of drug-likeness (QED) is 0.758. The van der Waals surface area contributed by atoms with Crippen molar-refractivity contribution >= 4 is 6.03 Å². The largest absolute Gasteiger partial charge is 0.493 e. The molecule has 6 nitrogen and oxygen atoms in total. The van der Waals surface area contributed by atoms with Crippen LogP contribution in [0.4, 0.5) is 4.79 Å². The maximum absolute atomic E-state index is 12.2. The summed E-state index contributed by atoms with van der Waals surface area (Å²) < 4.78 is 16.0. The van der Waals surface area contributed by atoms with E-state index in [4.69, 9.17) is 14.2 Å². The van der Waals surface area contributed by atoms with E-state index in [0.717, 1.165) is 11.1 Å². The maximum Gasteiger partial charge on any atom is 0.315 e. The number of methoxy groups -OCH3 is 3. The zero-order valence-electron chi connectivity index (χ0n) is 15.6. The molecular formula is C20H26N2O4. The van der Waals surface area contributed by atoms with Crippen molar-refractivity contribution in [1.82, 2.24) is 10.6 Å². The summed E-state index contributed by atoms with van der Waals surface area (Å²) in [6.45, 7) is 2.29. The van der Waals surface area contributed by atoms with Gasteiger partial charge < -0.3 is 24.8 Å². The van der Waals surface area contributed by atoms with Crippen molar-refractivity contribution < 1.29 is 19.0 Å². The highest BCUT2D eigenvalue weighted by Crippen LogP contribution is 2.29. The van der Waals surface area contributed by atoms with Gasteiger partial charge in [-0.25, -0.2) is 4.79 Å². The summed E-state index contributed by atoms with van der Waals surface area (Å²) in [4.78, 5) is 12.2. The molecule has 0 spiro atoms. The molecule has 2 aromatic rings. The second-order valence-corrected chi connectivity index (χ2v) is 5.83. The summed E-state index contributed by atoms with van der Waals surface area (Å²) >= 11 is 0. The Labute approximate surface area is 154 Å². The van der Waals surface area contributed by atoms with E-state index < -0.39 is 0 Å². The van der Waals surface area contributed by atoms with Crippen molar-refractivity contribution in [2.45, 2.75) is 19.1 Å². The molecule has 0 aliphatic rings. The Balaban J connectivity index is 1.92. The first-order valence-electron chi connectivity index (χ1n) is 8.43. The average Bonchev–Trinajstić information content (AvgIpc) is 2.68. The topological polar surface area (TPSA) is 68.8 Å². The molecule has 26 heavy (non-hydrogen) atoms. The predicted molar refractivity (Wildman–Crippen MR) is 101 cm³/mol. The minimum absolute atomic E-state index is 0.187. The number of carbonyl (C=O) groups is 1. The van der Waals surface area contributed by atoms with Crippen LogP contribution in [0.25, 0.3) is 0 Å². The minimum atomic E-state index is -0.259. The first-order chi connectivity index (χ1) is 12.6. The van der Waals surface area contributed by atoms with E-state index in [1.807, 2.05) is 55.5 Å². The Bertz CT molecular complexity index is 706. The third kappa shape index (κ3) is 5.13. The van der Waals surface area contributed by atoms with Crippen molar-refractivity contribution in [3.05, 3.63) is 59.7 Å². The standard InChI is InChI=1S/C20H26N2O4/c1-14(16-10-11-17(24-2)18(12-16)25-3)22-20(23)21-13-19(26-4)15-8-6-5-7-9-15/h5-12,14,19H,13H2,1-4H3,(H2,21,22,23). The number of benzene rings is 2. The molecule has 6 heteroatoms. The van der Waals surface area contributed by atoms with Gasteiger partial charge >= 0.3 is 6.03 Å². The summed E-state index contributed by atoms with van der Waals surface area (Å²) in [6.07, 6.45) is -0.196. The maximum atomic E-state index is 12.2. The van der Waals surface area contributed by atoms with Crippen molar-refractivity contribution in [3.8, 4) is 11.5 Å². The molecule has 0 aliphatic heterocycles. The van der Waals surface area contributed by atoms with Crippen molar-refractivity contribution in [1.29, 1.82) is 0 Å². The average molecular weight is 358 g/mol. The third-order valence-corrected chi connectivity index (χ3v) is 4.16. The van der Waals surface area contributed by atoms with E-state index in [-0.39, 0.29) is 18.2 Å². The van der Waals surface area contributed by atoms with E-state index in [0.29, 0.717) is 18.0 Å². The van der Waals surface area contributed by atoms with Gasteiger partial charge in [-0.1, -0.05) is 36.4 Å². The zero-order chi connectivity index (χ0) is 18.9. The minimum Gasteiger partial charge on any atom is -0.493 e. The van der Waals surface area contributed by atoms with Gasteiger partial charge in [0.05, 0.1) is 26.4 Å². The van der Waals surface area contributed by atoms with Crippen LogP contribution >= 0.6 is 0 Å². The van der Waals surface area contributed by atoms with Gasteiger partial charge in [-0.3, -0.25) is 0 Å². The van der Waals surface area contributed by atoms with Gasteiger partial charge in [-0.05, 0) is 30.2 Å². The molecule has 2 rings (SSSR count). The second-order valence-electron chi connectivity index (χ2n) is 5.83. The van der Waals surface area contributed by atoms with Gasteiger partial charge in [0, 0.05) is 13.7 Å². The number of hydrogen-bond acceptors (Lipinski definition) is 4. The normalized spacial score (nSPS) is 12.8. The lowest BCUT2D eigenvalue weighted by atomic mass is 10.1. The van der Waals surface area contributed by atoms with Gasteiger partial charge in [-0.2, -0.15) is 0 Å². The molecule has 0 aromatic heterocycles. The van der Waals surface area contributed by atoms with Crippen LogP contribution in [-0.2, 0) is 4.74 Å². The number of carbonyl (C=O) groups excluding carboxylic acids is 1. The summed E-state index contributed by atoms with van der Waals surface area (Å²) in [7, 11) is 4.80. The Kier molecular flexibility index (Phi) is 7.29. The van der Waals surface area contributed by atoms with Crippen LogP contribution in [0, 0.1) is 0 Å². The van der Waals surface area contributed by atoms with Gasteiger partial charge in [-0.15, -0.1) is 0 Å². The van der Waals surface area contributed by atoms with Gasteiger partial charge in [0.1, 0.15) is 0 Å². The van der Waals surface area contributed by atoms with Crippen molar-refractivity contribution in [2.75, 3.05) is 27.9 Å². The Morgan fingerprint density at radius 3 is 2.27 bits per heavy atom. The first-order valence-corrected chi connectivity index (χ1v) is 8.43. The van der Waals surface area contributed by atoms with E-state index in [1.54, 1.807) is 21.3 Å². The molecule has 0 saturated heterocycles. The van der Waals surface area contributed by atoms with E-state index in [1.165, 1.54) is 0 Å².